The molecule has 0 saturated heterocycles. The van der Waals surface area contributed by atoms with Gasteiger partial charge < -0.3 is 3.79 Å². The Morgan fingerprint density at radius 1 is 1.38 bits per heavy atom. The Balaban J connectivity index is 0. The molecule has 0 aromatic heterocycles. The Labute approximate surface area is 77.0 Å². The van der Waals surface area contributed by atoms with Crippen LogP contribution in [0, 0.1) is 0 Å². The minimum Gasteiger partial charge on any atom is -0.514 e. The lowest BCUT2D eigenvalue weighted by Gasteiger charge is -2.10. The highest BCUT2D eigenvalue weighted by atomic mass is 127. The second-order valence-electron chi connectivity index (χ2n) is 1.57. The quantitative estimate of drug-likeness (QED) is 0.542. The highest BCUT2D eigenvalue weighted by Crippen LogP contribution is 1.98. The van der Waals surface area contributed by atoms with Crippen LogP contribution < -0.4 is 0 Å². The van der Waals surface area contributed by atoms with Crippen LogP contribution in [0.25, 0.3) is 0 Å². The first-order valence-corrected chi connectivity index (χ1v) is 3.17. The molecule has 0 aliphatic heterocycles. The molecule has 0 atom stereocenters. The molecule has 0 saturated carbocycles. The Kier molecular flexibility index (Phi) is 12.3. The zero-order valence-electron chi connectivity index (χ0n) is 5.39. The number of hydrogen-bond acceptors (Lipinski definition) is 1. The minimum atomic E-state index is 0. The minimum absolute atomic E-state index is 0. The van der Waals surface area contributed by atoms with Crippen LogP contribution in [0.3, 0.4) is 0 Å². The van der Waals surface area contributed by atoms with E-state index in [-0.39, 0.29) is 24.0 Å². The summed E-state index contributed by atoms with van der Waals surface area (Å²) in [5, 5.41) is 0. The summed E-state index contributed by atoms with van der Waals surface area (Å²) in [5.74, 6) is 0. The lowest BCUT2D eigenvalue weighted by Crippen LogP contribution is -2.06. The highest BCUT2D eigenvalue weighted by Gasteiger charge is 1.94. The summed E-state index contributed by atoms with van der Waals surface area (Å²) >= 11 is 2.28. The highest BCUT2D eigenvalue weighted by molar-refractivity contribution is 14.0. The normalized spacial score (nSPS) is 8.88. The van der Waals surface area contributed by atoms with E-state index >= 15 is 0 Å². The molecule has 1 nitrogen and oxygen atoms in total. The van der Waals surface area contributed by atoms with Gasteiger partial charge in [-0.3, -0.25) is 0 Å². The fourth-order valence-corrected chi connectivity index (χ4v) is 0.866. The van der Waals surface area contributed by atoms with E-state index in [0.717, 1.165) is 12.8 Å². The maximum atomic E-state index is 4.97. The summed E-state index contributed by atoms with van der Waals surface area (Å²) in [6, 6.07) is 0. The summed E-state index contributed by atoms with van der Waals surface area (Å²) in [6.07, 6.45) is 2.67. The van der Waals surface area contributed by atoms with E-state index in [1.165, 1.54) is 0 Å². The van der Waals surface area contributed by atoms with Crippen molar-refractivity contribution in [2.75, 3.05) is 0 Å². The van der Waals surface area contributed by atoms with Gasteiger partial charge in [-0.25, -0.2) is 0 Å². The molecule has 0 aromatic rings. The molecule has 0 bridgehead atoms. The molecule has 0 aromatic carbocycles. The Bertz CT molecular complexity index is 33.9. The first-order chi connectivity index (χ1) is 3.35. The van der Waals surface area contributed by atoms with Crippen LogP contribution in [0.1, 0.15) is 26.7 Å². The van der Waals surface area contributed by atoms with Crippen molar-refractivity contribution in [1.82, 2.24) is 0 Å². The molecule has 0 unspecified atom stereocenters. The molecular weight excluding hydrogens is 230 g/mol. The second kappa shape index (κ2) is 8.22. The zero-order valence-corrected chi connectivity index (χ0v) is 8.87. The average molecular weight is 242 g/mol. The lowest BCUT2D eigenvalue weighted by atomic mass is 10.2. The van der Waals surface area contributed by atoms with Gasteiger partial charge in [-0.2, -0.15) is 0 Å². The first-order valence-electron chi connectivity index (χ1n) is 2.70. The number of hydrogen-bond donors (Lipinski definition) is 0. The van der Waals surface area contributed by atoms with Crippen LogP contribution in [0.4, 0.5) is 0 Å². The van der Waals surface area contributed by atoms with E-state index in [1.54, 1.807) is 0 Å². The molecule has 0 spiro atoms. The molecule has 0 rings (SSSR count). The molecule has 0 amide bonds. The third-order valence-corrected chi connectivity index (χ3v) is 1.49. The van der Waals surface area contributed by atoms with E-state index in [1.807, 2.05) is 0 Å². The zero-order chi connectivity index (χ0) is 5.70. The van der Waals surface area contributed by atoms with Gasteiger partial charge in [0, 0.05) is 6.10 Å². The summed E-state index contributed by atoms with van der Waals surface area (Å²) in [7, 11) is 0. The summed E-state index contributed by atoms with van der Waals surface area (Å²) < 4.78 is 4.97. The van der Waals surface area contributed by atoms with Gasteiger partial charge in [0.25, 0.3) is 0 Å². The summed E-state index contributed by atoms with van der Waals surface area (Å²) in [6.45, 7) is 4.25. The van der Waals surface area contributed by atoms with Crippen molar-refractivity contribution in [2.45, 2.75) is 32.8 Å². The van der Waals surface area contributed by atoms with Gasteiger partial charge in [0.15, 0.2) is 0 Å². The molecule has 0 heterocycles. The summed E-state index contributed by atoms with van der Waals surface area (Å²) in [4.78, 5) is 0. The van der Waals surface area contributed by atoms with Crippen molar-refractivity contribution < 1.29 is 3.79 Å². The van der Waals surface area contributed by atoms with Gasteiger partial charge in [-0.05, 0) is 12.8 Å². The predicted molar refractivity (Wildman–Crippen MR) is 46.6 cm³/mol. The maximum Gasteiger partial charge on any atom is 0.369 e. The molecule has 0 fully saturated rings. The van der Waals surface area contributed by atoms with Crippen molar-refractivity contribution in [2.24, 2.45) is 0 Å². The van der Waals surface area contributed by atoms with Crippen molar-refractivity contribution >= 4 is 40.6 Å². The van der Waals surface area contributed by atoms with Gasteiger partial charge in [-0.1, -0.05) is 13.8 Å². The molecule has 2 radical (unpaired) electrons. The summed E-state index contributed by atoms with van der Waals surface area (Å²) in [5.41, 5.74) is 0. The second-order valence-corrected chi connectivity index (χ2v) is 1.85. The fraction of sp³-hybridized carbons (Fsp3) is 1.00. The standard InChI is InChI=1S/C5H11O.Al.HI/c1-3-5(6)4-2;;/h5H,3-4H2,1-2H3;;1H/q-1;+1;. The molecule has 3 heteroatoms. The topological polar surface area (TPSA) is 9.23 Å². The van der Waals surface area contributed by atoms with E-state index in [0.29, 0.717) is 6.10 Å². The monoisotopic (exact) mass is 242 g/mol. The first kappa shape index (κ1) is 12.0. The molecule has 0 N–H and O–H groups in total. The van der Waals surface area contributed by atoms with Gasteiger partial charge in [0.05, 0.1) is 0 Å². The van der Waals surface area contributed by atoms with Crippen molar-refractivity contribution in [3.63, 3.8) is 0 Å². The fourth-order valence-electron chi connectivity index (χ4n) is 0.481. The smallest absolute Gasteiger partial charge is 0.369 e. The molecule has 8 heavy (non-hydrogen) atoms. The SMILES string of the molecule is CCC(CC)[O][Al].I. The van der Waals surface area contributed by atoms with E-state index in [4.69, 9.17) is 3.79 Å². The third kappa shape index (κ3) is 5.36. The largest absolute Gasteiger partial charge is 0.514 e. The molecule has 0 aliphatic rings. The van der Waals surface area contributed by atoms with E-state index in [2.05, 4.69) is 30.5 Å². The predicted octanol–water partition coefficient (Wildman–Crippen LogP) is 1.89. The average Bonchev–Trinajstić information content (AvgIpc) is 1.72. The van der Waals surface area contributed by atoms with E-state index in [9.17, 15) is 0 Å². The van der Waals surface area contributed by atoms with Gasteiger partial charge in [0.1, 0.15) is 0 Å². The van der Waals surface area contributed by atoms with Crippen molar-refractivity contribution in [3.05, 3.63) is 0 Å². The maximum absolute atomic E-state index is 4.97. The van der Waals surface area contributed by atoms with Crippen LogP contribution in [0.2, 0.25) is 0 Å². The van der Waals surface area contributed by atoms with Crippen molar-refractivity contribution in [3.8, 4) is 0 Å². The van der Waals surface area contributed by atoms with Crippen molar-refractivity contribution in [1.29, 1.82) is 0 Å². The number of rotatable bonds is 3. The van der Waals surface area contributed by atoms with Gasteiger partial charge in [0.2, 0.25) is 0 Å². The van der Waals surface area contributed by atoms with Crippen LogP contribution in [0.15, 0.2) is 0 Å². The Morgan fingerprint density at radius 2 is 1.75 bits per heavy atom. The lowest BCUT2D eigenvalue weighted by molar-refractivity contribution is 0.212. The van der Waals surface area contributed by atoms with Gasteiger partial charge >= 0.3 is 16.6 Å². The molecule has 0 aliphatic carbocycles. The van der Waals surface area contributed by atoms with Gasteiger partial charge in [-0.15, -0.1) is 24.0 Å². The van der Waals surface area contributed by atoms with Crippen LogP contribution in [-0.4, -0.2) is 22.7 Å². The Hall–Kier alpha value is 1.22. The van der Waals surface area contributed by atoms with E-state index < -0.39 is 0 Å². The van der Waals surface area contributed by atoms with Crippen LogP contribution >= 0.6 is 24.0 Å². The van der Waals surface area contributed by atoms with Crippen LogP contribution in [0.5, 0.6) is 0 Å². The number of halogens is 1. The van der Waals surface area contributed by atoms with Crippen LogP contribution in [-0.2, 0) is 3.79 Å². The Morgan fingerprint density at radius 3 is 1.75 bits per heavy atom. The molecule has 48 valence electrons. The molecular formula is C5H12AlIO. The third-order valence-electron chi connectivity index (χ3n) is 1.10.